The molecule has 0 radical (unpaired) electrons. The van der Waals surface area contributed by atoms with Gasteiger partial charge in [-0.1, -0.05) is 0 Å². The molecule has 0 bridgehead atoms. The Morgan fingerprint density at radius 1 is 1.53 bits per heavy atom. The van der Waals surface area contributed by atoms with Crippen LogP contribution in [0.15, 0.2) is 23.7 Å². The van der Waals surface area contributed by atoms with Gasteiger partial charge in [-0.2, -0.15) is 5.10 Å². The zero-order valence-corrected chi connectivity index (χ0v) is 11.0. The van der Waals surface area contributed by atoms with E-state index in [4.69, 9.17) is 5.84 Å². The summed E-state index contributed by atoms with van der Waals surface area (Å²) in [6.07, 6.45) is 3.79. The minimum absolute atomic E-state index is 0.227. The summed E-state index contributed by atoms with van der Waals surface area (Å²) in [5, 5.41) is 6.28. The van der Waals surface area contributed by atoms with Crippen LogP contribution in [0.3, 0.4) is 0 Å². The molecule has 0 fully saturated rings. The van der Waals surface area contributed by atoms with Crippen LogP contribution in [0.1, 0.15) is 28.6 Å². The van der Waals surface area contributed by atoms with Crippen LogP contribution >= 0.6 is 11.3 Å². The number of hydrazine groups is 1. The third-order valence-electron chi connectivity index (χ3n) is 3.03. The molecule has 3 N–H and O–H groups in total. The maximum atomic E-state index is 5.64. The van der Waals surface area contributed by atoms with Crippen LogP contribution in [-0.2, 0) is 13.5 Å². The molecule has 1 atom stereocenters. The highest BCUT2D eigenvalue weighted by Gasteiger charge is 2.14. The normalized spacial score (nSPS) is 12.9. The second kappa shape index (κ2) is 5.44. The lowest BCUT2D eigenvalue weighted by atomic mass is 10.1. The second-order valence-electron chi connectivity index (χ2n) is 4.17. The Balaban J connectivity index is 2.02. The molecule has 0 saturated carbocycles. The number of hydrogen-bond acceptors (Lipinski definition) is 4. The highest BCUT2D eigenvalue weighted by atomic mass is 32.1. The van der Waals surface area contributed by atoms with Crippen LogP contribution in [0.4, 0.5) is 0 Å². The summed E-state index contributed by atoms with van der Waals surface area (Å²) < 4.78 is 1.91. The molecule has 0 aromatic carbocycles. The molecule has 2 aromatic rings. The molecule has 0 saturated heterocycles. The van der Waals surface area contributed by atoms with Gasteiger partial charge >= 0.3 is 0 Å². The molecule has 0 aliphatic rings. The fourth-order valence-electron chi connectivity index (χ4n) is 1.97. The van der Waals surface area contributed by atoms with Crippen LogP contribution in [0.25, 0.3) is 0 Å². The Hall–Kier alpha value is -1.17. The van der Waals surface area contributed by atoms with E-state index >= 15 is 0 Å². The molecule has 5 heteroatoms. The zero-order chi connectivity index (χ0) is 12.3. The molecular weight excluding hydrogens is 232 g/mol. The molecule has 0 amide bonds. The highest BCUT2D eigenvalue weighted by molar-refractivity contribution is 7.10. The molecule has 2 aromatic heterocycles. The number of rotatable bonds is 5. The van der Waals surface area contributed by atoms with Crippen molar-refractivity contribution in [3.63, 3.8) is 0 Å². The molecule has 2 rings (SSSR count). The van der Waals surface area contributed by atoms with Crippen LogP contribution in [0.2, 0.25) is 0 Å². The van der Waals surface area contributed by atoms with Gasteiger partial charge in [0.15, 0.2) is 0 Å². The van der Waals surface area contributed by atoms with Gasteiger partial charge < -0.3 is 0 Å². The number of nitrogens with one attached hydrogen (secondary N) is 1. The van der Waals surface area contributed by atoms with Crippen molar-refractivity contribution in [3.05, 3.63) is 39.8 Å². The van der Waals surface area contributed by atoms with Crippen molar-refractivity contribution < 1.29 is 0 Å². The molecule has 17 heavy (non-hydrogen) atoms. The third kappa shape index (κ3) is 2.74. The minimum Gasteiger partial charge on any atom is -0.273 e. The Bertz CT molecular complexity index is 474. The van der Waals surface area contributed by atoms with Crippen molar-refractivity contribution in [1.82, 2.24) is 15.2 Å². The first-order valence-electron chi connectivity index (χ1n) is 5.69. The monoisotopic (exact) mass is 250 g/mol. The summed E-state index contributed by atoms with van der Waals surface area (Å²) >= 11 is 1.76. The maximum Gasteiger partial charge on any atom is 0.0559 e. The van der Waals surface area contributed by atoms with Crippen LogP contribution in [0, 0.1) is 6.92 Å². The Kier molecular flexibility index (Phi) is 3.93. The standard InChI is InChI=1S/C12H18N4S/c1-9-6-8-17-12(9)11(15-13)4-3-10-5-7-14-16(10)2/h5-8,11,15H,3-4,13H2,1-2H3. The number of thiophene rings is 1. The fourth-order valence-corrected chi connectivity index (χ4v) is 2.99. The Labute approximate surface area is 105 Å². The number of aryl methyl sites for hydroxylation is 3. The number of nitrogens with two attached hydrogens (primary N) is 1. The topological polar surface area (TPSA) is 55.9 Å². The lowest BCUT2D eigenvalue weighted by Gasteiger charge is -2.15. The number of hydrogen-bond donors (Lipinski definition) is 2. The lowest BCUT2D eigenvalue weighted by Crippen LogP contribution is -2.28. The summed E-state index contributed by atoms with van der Waals surface area (Å²) in [5.74, 6) is 5.64. The number of nitrogens with zero attached hydrogens (tertiary/aromatic N) is 2. The Morgan fingerprint density at radius 3 is 2.88 bits per heavy atom. The van der Waals surface area contributed by atoms with Gasteiger partial charge in [0.05, 0.1) is 6.04 Å². The van der Waals surface area contributed by atoms with E-state index in [2.05, 4.69) is 35.0 Å². The van der Waals surface area contributed by atoms with Gasteiger partial charge in [0.1, 0.15) is 0 Å². The first-order chi connectivity index (χ1) is 8.22. The summed E-state index contributed by atoms with van der Waals surface area (Å²) in [6, 6.07) is 4.41. The van der Waals surface area contributed by atoms with Gasteiger partial charge in [0, 0.05) is 23.8 Å². The molecule has 2 heterocycles. The average Bonchev–Trinajstić information content (AvgIpc) is 2.90. The molecule has 4 nitrogen and oxygen atoms in total. The van der Waals surface area contributed by atoms with E-state index in [1.807, 2.05) is 17.9 Å². The average molecular weight is 250 g/mol. The zero-order valence-electron chi connectivity index (χ0n) is 10.2. The summed E-state index contributed by atoms with van der Waals surface area (Å²) in [6.45, 7) is 2.13. The van der Waals surface area contributed by atoms with E-state index in [0.29, 0.717) is 0 Å². The Morgan fingerprint density at radius 2 is 2.35 bits per heavy atom. The van der Waals surface area contributed by atoms with E-state index < -0.39 is 0 Å². The maximum absolute atomic E-state index is 5.64. The molecule has 1 unspecified atom stereocenters. The molecule has 0 aliphatic heterocycles. The number of aromatic nitrogens is 2. The smallest absolute Gasteiger partial charge is 0.0559 e. The van der Waals surface area contributed by atoms with Crippen LogP contribution in [0.5, 0.6) is 0 Å². The van der Waals surface area contributed by atoms with Crippen molar-refractivity contribution in [2.45, 2.75) is 25.8 Å². The quantitative estimate of drug-likeness (QED) is 0.630. The minimum atomic E-state index is 0.227. The van der Waals surface area contributed by atoms with Gasteiger partial charge in [-0.25, -0.2) is 0 Å². The van der Waals surface area contributed by atoms with Gasteiger partial charge in [0.2, 0.25) is 0 Å². The third-order valence-corrected chi connectivity index (χ3v) is 4.16. The van der Waals surface area contributed by atoms with Crippen molar-refractivity contribution in [3.8, 4) is 0 Å². The summed E-state index contributed by atoms with van der Waals surface area (Å²) in [4.78, 5) is 1.33. The molecule has 92 valence electrons. The molecule has 0 aliphatic carbocycles. The predicted molar refractivity (Wildman–Crippen MR) is 70.6 cm³/mol. The van der Waals surface area contributed by atoms with Crippen molar-refractivity contribution >= 4 is 11.3 Å². The van der Waals surface area contributed by atoms with Crippen molar-refractivity contribution in [2.24, 2.45) is 12.9 Å². The first-order valence-corrected chi connectivity index (χ1v) is 6.57. The molecular formula is C12H18N4S. The SMILES string of the molecule is Cc1ccsc1C(CCc1ccnn1C)NN. The summed E-state index contributed by atoms with van der Waals surface area (Å²) in [7, 11) is 1.97. The highest BCUT2D eigenvalue weighted by Crippen LogP contribution is 2.26. The van der Waals surface area contributed by atoms with Crippen LogP contribution in [-0.4, -0.2) is 9.78 Å². The van der Waals surface area contributed by atoms with E-state index in [9.17, 15) is 0 Å². The van der Waals surface area contributed by atoms with Gasteiger partial charge in [-0.05, 0) is 42.8 Å². The lowest BCUT2D eigenvalue weighted by molar-refractivity contribution is 0.512. The van der Waals surface area contributed by atoms with Gasteiger partial charge in [-0.15, -0.1) is 11.3 Å². The second-order valence-corrected chi connectivity index (χ2v) is 5.12. The summed E-state index contributed by atoms with van der Waals surface area (Å²) in [5.41, 5.74) is 5.45. The van der Waals surface area contributed by atoms with Crippen LogP contribution < -0.4 is 11.3 Å². The van der Waals surface area contributed by atoms with Crippen molar-refractivity contribution in [1.29, 1.82) is 0 Å². The fraction of sp³-hybridized carbons (Fsp3) is 0.417. The van der Waals surface area contributed by atoms with Crippen molar-refractivity contribution in [2.75, 3.05) is 0 Å². The first kappa shape index (κ1) is 12.3. The van der Waals surface area contributed by atoms with Gasteiger partial charge in [-0.3, -0.25) is 16.0 Å². The van der Waals surface area contributed by atoms with Gasteiger partial charge in [0.25, 0.3) is 0 Å². The predicted octanol–water partition coefficient (Wildman–Crippen LogP) is 1.93. The van der Waals surface area contributed by atoms with E-state index in [1.165, 1.54) is 16.1 Å². The van der Waals surface area contributed by atoms with E-state index in [-0.39, 0.29) is 6.04 Å². The molecule has 0 spiro atoms. The van der Waals surface area contributed by atoms with E-state index in [0.717, 1.165) is 12.8 Å². The largest absolute Gasteiger partial charge is 0.273 e. The van der Waals surface area contributed by atoms with E-state index in [1.54, 1.807) is 11.3 Å².